The van der Waals surface area contributed by atoms with Crippen LogP contribution in [0.1, 0.15) is 5.56 Å². The summed E-state index contributed by atoms with van der Waals surface area (Å²) in [5, 5.41) is 0. The van der Waals surface area contributed by atoms with Crippen LogP contribution in [-0.4, -0.2) is 27.3 Å². The van der Waals surface area contributed by atoms with Gasteiger partial charge in [0.15, 0.2) is 0 Å². The first-order valence-electron chi connectivity index (χ1n) is 3.08. The molecule has 1 aromatic rings. The fraction of sp³-hybridized carbons (Fsp3) is 0.111. The molecule has 0 saturated heterocycles. The first-order valence-corrected chi connectivity index (χ1v) is 3.08. The van der Waals surface area contributed by atoms with Crippen LogP contribution in [0, 0.1) is 0 Å². The van der Waals surface area contributed by atoms with E-state index in [2.05, 4.69) is 18.7 Å². The maximum absolute atomic E-state index is 3.66. The van der Waals surface area contributed by atoms with Crippen LogP contribution in [0.25, 0.3) is 0 Å². The van der Waals surface area contributed by atoms with E-state index in [1.165, 1.54) is 5.56 Å². The molecule has 0 saturated carbocycles. The van der Waals surface area contributed by atoms with Crippen molar-refractivity contribution in [1.29, 1.82) is 0 Å². The fourth-order valence-electron chi connectivity index (χ4n) is 0.781. The molecule has 0 nitrogen and oxygen atoms in total. The summed E-state index contributed by atoms with van der Waals surface area (Å²) in [6.45, 7) is 3.66. The van der Waals surface area contributed by atoms with Gasteiger partial charge in [-0.05, 0) is 12.0 Å². The third-order valence-corrected chi connectivity index (χ3v) is 1.22. The van der Waals surface area contributed by atoms with Crippen LogP contribution in [0.2, 0.25) is 0 Å². The molecule has 0 heterocycles. The van der Waals surface area contributed by atoms with E-state index in [-0.39, 0.29) is 27.3 Å². The molecule has 52 valence electrons. The normalized spacial score (nSPS) is 8.00. The van der Waals surface area contributed by atoms with Crippen molar-refractivity contribution in [2.75, 3.05) is 0 Å². The summed E-state index contributed by atoms with van der Waals surface area (Å²) in [6.07, 6.45) is 2.89. The number of benzene rings is 1. The summed E-state index contributed by atoms with van der Waals surface area (Å²) < 4.78 is 0. The van der Waals surface area contributed by atoms with Crippen molar-refractivity contribution in [1.82, 2.24) is 0 Å². The van der Waals surface area contributed by atoms with Gasteiger partial charge in [0, 0.05) is 0 Å². The molecule has 0 aliphatic heterocycles. The number of hydrogen-bond acceptors (Lipinski definition) is 0. The van der Waals surface area contributed by atoms with Gasteiger partial charge in [-0.2, -0.15) is 0 Å². The molecule has 1 aromatic carbocycles. The average Bonchev–Trinajstić information content (AvgIpc) is 1.91. The van der Waals surface area contributed by atoms with Crippen molar-refractivity contribution in [2.24, 2.45) is 0 Å². The molecule has 1 heteroatoms. The van der Waals surface area contributed by atoms with Crippen molar-refractivity contribution >= 4 is 27.3 Å². The molecule has 0 bridgehead atoms. The van der Waals surface area contributed by atoms with E-state index in [0.29, 0.717) is 0 Å². The van der Waals surface area contributed by atoms with Crippen molar-refractivity contribution < 1.29 is 0 Å². The van der Waals surface area contributed by atoms with Gasteiger partial charge in [0.1, 0.15) is 0 Å². The van der Waals surface area contributed by atoms with E-state index in [9.17, 15) is 0 Å². The Morgan fingerprint density at radius 3 is 2.30 bits per heavy atom. The predicted octanol–water partition coefficient (Wildman–Crippen LogP) is 1.50. The van der Waals surface area contributed by atoms with E-state index in [1.54, 1.807) is 0 Å². The van der Waals surface area contributed by atoms with Gasteiger partial charge >= 0.3 is 27.3 Å². The Labute approximate surface area is 82.1 Å². The molecular weight excluding hydrogens is 315 g/mol. The predicted molar refractivity (Wildman–Crippen MR) is 48.9 cm³/mol. The molecule has 1 rings (SSSR count). The Morgan fingerprint density at radius 2 is 1.80 bits per heavy atom. The van der Waals surface area contributed by atoms with Gasteiger partial charge < -0.3 is 0 Å². The Morgan fingerprint density at radius 1 is 1.20 bits per heavy atom. The van der Waals surface area contributed by atoms with Crippen LogP contribution in [0.5, 0.6) is 0 Å². The van der Waals surface area contributed by atoms with Crippen LogP contribution in [-0.2, 0) is 6.42 Å². The van der Waals surface area contributed by atoms with E-state index in [0.717, 1.165) is 6.42 Å². The van der Waals surface area contributed by atoms with Crippen LogP contribution >= 0.6 is 0 Å². The molecule has 0 atom stereocenters. The van der Waals surface area contributed by atoms with Gasteiger partial charge in [0.25, 0.3) is 0 Å². The third-order valence-electron chi connectivity index (χ3n) is 1.22. The maximum atomic E-state index is 3.66. The molecule has 0 aliphatic carbocycles. The van der Waals surface area contributed by atoms with Gasteiger partial charge in [-0.3, -0.25) is 0 Å². The first kappa shape index (κ1) is 9.88. The minimum absolute atomic E-state index is 0. The minimum atomic E-state index is 0. The SMILES string of the molecule is C=CCc1ccccc1.[PbH2]. The molecule has 0 aromatic heterocycles. The zero-order valence-electron chi connectivity index (χ0n) is 6.09. The summed E-state index contributed by atoms with van der Waals surface area (Å²) in [4.78, 5) is 0. The molecule has 0 unspecified atom stereocenters. The Hall–Kier alpha value is -0.118. The van der Waals surface area contributed by atoms with Gasteiger partial charge in [-0.15, -0.1) is 6.58 Å². The number of rotatable bonds is 2. The van der Waals surface area contributed by atoms with Crippen molar-refractivity contribution in [3.63, 3.8) is 0 Å². The Balaban J connectivity index is 0.000000810. The second-order valence-corrected chi connectivity index (χ2v) is 1.98. The van der Waals surface area contributed by atoms with Crippen molar-refractivity contribution in [3.8, 4) is 0 Å². The van der Waals surface area contributed by atoms with Crippen LogP contribution < -0.4 is 0 Å². The summed E-state index contributed by atoms with van der Waals surface area (Å²) in [6, 6.07) is 10.3. The molecule has 2 radical (unpaired) electrons. The third kappa shape index (κ3) is 3.15. The summed E-state index contributed by atoms with van der Waals surface area (Å²) in [5.41, 5.74) is 1.33. The summed E-state index contributed by atoms with van der Waals surface area (Å²) >= 11 is 0. The van der Waals surface area contributed by atoms with Gasteiger partial charge in [-0.25, -0.2) is 0 Å². The van der Waals surface area contributed by atoms with Gasteiger partial charge in [-0.1, -0.05) is 36.4 Å². The molecule has 0 amide bonds. The van der Waals surface area contributed by atoms with Gasteiger partial charge in [0.2, 0.25) is 0 Å². The van der Waals surface area contributed by atoms with E-state index >= 15 is 0 Å². The van der Waals surface area contributed by atoms with E-state index in [1.807, 2.05) is 24.3 Å². The van der Waals surface area contributed by atoms with Gasteiger partial charge in [0.05, 0.1) is 0 Å². The van der Waals surface area contributed by atoms with Crippen LogP contribution in [0.15, 0.2) is 43.0 Å². The fourth-order valence-corrected chi connectivity index (χ4v) is 0.781. The standard InChI is InChI=1S/C9H10.Pb.2H/c1-2-6-9-7-4-3-5-8-9;;;/h2-5,7-8H,1,6H2;;;. The zero-order valence-corrected chi connectivity index (χ0v) is 11.6. The molecule has 10 heavy (non-hydrogen) atoms. The molecule has 0 spiro atoms. The second kappa shape index (κ2) is 5.65. The zero-order chi connectivity index (χ0) is 6.53. The Bertz CT molecular complexity index is 179. The molecule has 0 aliphatic rings. The molecular formula is C9H12Pb. The first-order chi connectivity index (χ1) is 4.43. The topological polar surface area (TPSA) is 0 Å². The quantitative estimate of drug-likeness (QED) is 0.570. The van der Waals surface area contributed by atoms with E-state index in [4.69, 9.17) is 0 Å². The molecule has 0 fully saturated rings. The van der Waals surface area contributed by atoms with Crippen LogP contribution in [0.3, 0.4) is 0 Å². The second-order valence-electron chi connectivity index (χ2n) is 1.98. The van der Waals surface area contributed by atoms with E-state index < -0.39 is 0 Å². The van der Waals surface area contributed by atoms with Crippen molar-refractivity contribution in [2.45, 2.75) is 6.42 Å². The van der Waals surface area contributed by atoms with Crippen LogP contribution in [0.4, 0.5) is 0 Å². The molecule has 0 N–H and O–H groups in total. The number of allylic oxidation sites excluding steroid dienone is 1. The Kier molecular flexibility index (Phi) is 5.58. The van der Waals surface area contributed by atoms with Crippen molar-refractivity contribution in [3.05, 3.63) is 48.6 Å². The summed E-state index contributed by atoms with van der Waals surface area (Å²) in [7, 11) is 0. The summed E-state index contributed by atoms with van der Waals surface area (Å²) in [5.74, 6) is 0. The average molecular weight is 327 g/mol. The monoisotopic (exact) mass is 328 g/mol. The number of hydrogen-bond donors (Lipinski definition) is 0.